The van der Waals surface area contributed by atoms with Crippen molar-refractivity contribution < 1.29 is 0 Å². The van der Waals surface area contributed by atoms with Gasteiger partial charge in [-0.25, -0.2) is 0 Å². The highest BCUT2D eigenvalue weighted by Crippen LogP contribution is 2.39. The Balaban J connectivity index is 2.01. The Morgan fingerprint density at radius 1 is 1.25 bits per heavy atom. The number of nitrogens with zero attached hydrogens (tertiary/aromatic N) is 1. The predicted molar refractivity (Wildman–Crippen MR) is 67.8 cm³/mol. The number of rotatable bonds is 1. The molecule has 86 valence electrons. The standard InChI is InChI=1S/C14H20N2/c1-15-13-10-11-6-4-5-9-16(11)14-8-3-2-7-12(13)14/h2-3,7-8,11,13,15H,4-6,9-10H2,1H3. The summed E-state index contributed by atoms with van der Waals surface area (Å²) in [5.41, 5.74) is 2.96. The van der Waals surface area contributed by atoms with Crippen molar-refractivity contribution in [2.45, 2.75) is 37.8 Å². The highest BCUT2D eigenvalue weighted by Gasteiger charge is 2.32. The third-order valence-corrected chi connectivity index (χ3v) is 4.10. The topological polar surface area (TPSA) is 15.3 Å². The monoisotopic (exact) mass is 216 g/mol. The first kappa shape index (κ1) is 10.2. The molecule has 16 heavy (non-hydrogen) atoms. The van der Waals surface area contributed by atoms with Crippen molar-refractivity contribution in [1.29, 1.82) is 0 Å². The highest BCUT2D eigenvalue weighted by atomic mass is 15.2. The van der Waals surface area contributed by atoms with Crippen molar-refractivity contribution in [2.75, 3.05) is 18.5 Å². The molecular weight excluding hydrogens is 196 g/mol. The molecule has 2 unspecified atom stereocenters. The van der Waals surface area contributed by atoms with Gasteiger partial charge >= 0.3 is 0 Å². The zero-order chi connectivity index (χ0) is 11.0. The molecule has 1 N–H and O–H groups in total. The number of anilines is 1. The molecular formula is C14H20N2. The van der Waals surface area contributed by atoms with Crippen LogP contribution in [0.4, 0.5) is 5.69 Å². The van der Waals surface area contributed by atoms with Gasteiger partial charge in [0.25, 0.3) is 0 Å². The smallest absolute Gasteiger partial charge is 0.0417 e. The number of nitrogens with one attached hydrogen (secondary N) is 1. The molecule has 1 aromatic rings. The second kappa shape index (κ2) is 4.10. The second-order valence-electron chi connectivity index (χ2n) is 4.98. The maximum Gasteiger partial charge on any atom is 0.0417 e. The van der Waals surface area contributed by atoms with Crippen LogP contribution in [0.3, 0.4) is 0 Å². The van der Waals surface area contributed by atoms with Crippen LogP contribution in [-0.2, 0) is 0 Å². The van der Waals surface area contributed by atoms with Crippen molar-refractivity contribution in [2.24, 2.45) is 0 Å². The fourth-order valence-electron chi connectivity index (χ4n) is 3.28. The van der Waals surface area contributed by atoms with Crippen molar-refractivity contribution in [3.8, 4) is 0 Å². The van der Waals surface area contributed by atoms with Crippen LogP contribution in [0.2, 0.25) is 0 Å². The van der Waals surface area contributed by atoms with Crippen molar-refractivity contribution in [3.05, 3.63) is 29.8 Å². The second-order valence-corrected chi connectivity index (χ2v) is 4.98. The fraction of sp³-hybridized carbons (Fsp3) is 0.571. The third kappa shape index (κ3) is 1.52. The van der Waals surface area contributed by atoms with Crippen molar-refractivity contribution in [3.63, 3.8) is 0 Å². The largest absolute Gasteiger partial charge is 0.368 e. The van der Waals surface area contributed by atoms with Crippen LogP contribution in [0.25, 0.3) is 0 Å². The highest BCUT2D eigenvalue weighted by molar-refractivity contribution is 5.58. The Kier molecular flexibility index (Phi) is 2.60. The number of benzene rings is 1. The van der Waals surface area contributed by atoms with Gasteiger partial charge < -0.3 is 10.2 Å². The molecule has 2 heteroatoms. The summed E-state index contributed by atoms with van der Waals surface area (Å²) in [7, 11) is 2.08. The van der Waals surface area contributed by atoms with E-state index in [0.717, 1.165) is 6.04 Å². The van der Waals surface area contributed by atoms with E-state index >= 15 is 0 Å². The third-order valence-electron chi connectivity index (χ3n) is 4.10. The van der Waals surface area contributed by atoms with Gasteiger partial charge in [-0.2, -0.15) is 0 Å². The Hall–Kier alpha value is -1.02. The minimum atomic E-state index is 0.551. The van der Waals surface area contributed by atoms with Crippen molar-refractivity contribution >= 4 is 5.69 Å². The van der Waals surface area contributed by atoms with E-state index in [0.29, 0.717) is 6.04 Å². The van der Waals surface area contributed by atoms with Crippen LogP contribution >= 0.6 is 0 Å². The zero-order valence-corrected chi connectivity index (χ0v) is 9.95. The van der Waals surface area contributed by atoms with Crippen LogP contribution < -0.4 is 10.2 Å². The van der Waals surface area contributed by atoms with Crippen LogP contribution in [-0.4, -0.2) is 19.6 Å². The number of hydrogen-bond donors (Lipinski definition) is 1. The first-order valence-corrected chi connectivity index (χ1v) is 6.43. The maximum atomic E-state index is 3.47. The normalized spacial score (nSPS) is 28.4. The molecule has 0 aliphatic carbocycles. The lowest BCUT2D eigenvalue weighted by Crippen LogP contribution is -2.45. The van der Waals surface area contributed by atoms with Crippen LogP contribution in [0, 0.1) is 0 Å². The van der Waals surface area contributed by atoms with Crippen LogP contribution in [0.1, 0.15) is 37.3 Å². The molecule has 2 aliphatic rings. The van der Waals surface area contributed by atoms with Gasteiger partial charge in [0.05, 0.1) is 0 Å². The number of fused-ring (bicyclic) bond motifs is 3. The molecule has 2 aliphatic heterocycles. The molecule has 0 bridgehead atoms. The van der Waals surface area contributed by atoms with E-state index < -0.39 is 0 Å². The van der Waals surface area contributed by atoms with E-state index in [4.69, 9.17) is 0 Å². The molecule has 0 saturated carbocycles. The SMILES string of the molecule is CNC1CC2CCCCN2c2ccccc21. The van der Waals surface area contributed by atoms with Crippen LogP contribution in [0.5, 0.6) is 0 Å². The van der Waals surface area contributed by atoms with Crippen molar-refractivity contribution in [1.82, 2.24) is 5.32 Å². The zero-order valence-electron chi connectivity index (χ0n) is 9.95. The molecule has 0 amide bonds. The summed E-state index contributed by atoms with van der Waals surface area (Å²) in [4.78, 5) is 2.63. The number of hydrogen-bond acceptors (Lipinski definition) is 2. The van der Waals surface area contributed by atoms with E-state index in [1.165, 1.54) is 43.5 Å². The maximum absolute atomic E-state index is 3.47. The molecule has 0 radical (unpaired) electrons. The van der Waals surface area contributed by atoms with Gasteiger partial charge in [0.2, 0.25) is 0 Å². The van der Waals surface area contributed by atoms with Gasteiger partial charge in [0.15, 0.2) is 0 Å². The minimum Gasteiger partial charge on any atom is -0.368 e. The molecule has 2 heterocycles. The summed E-state index contributed by atoms with van der Waals surface area (Å²) >= 11 is 0. The number of piperidine rings is 1. The average Bonchev–Trinajstić information content (AvgIpc) is 2.38. The lowest BCUT2D eigenvalue weighted by atomic mass is 9.86. The Labute approximate surface area is 97.6 Å². The quantitative estimate of drug-likeness (QED) is 0.776. The summed E-state index contributed by atoms with van der Waals surface area (Å²) in [5.74, 6) is 0. The van der Waals surface area contributed by atoms with Gasteiger partial charge in [-0.1, -0.05) is 18.2 Å². The first-order valence-electron chi connectivity index (χ1n) is 6.43. The summed E-state index contributed by atoms with van der Waals surface area (Å²) in [6.07, 6.45) is 5.40. The number of para-hydroxylation sites is 1. The molecule has 3 rings (SSSR count). The summed E-state index contributed by atoms with van der Waals surface area (Å²) in [6.45, 7) is 1.25. The molecule has 0 aromatic heterocycles. The van der Waals surface area contributed by atoms with Gasteiger partial charge in [-0.05, 0) is 44.4 Å². The summed E-state index contributed by atoms with van der Waals surface area (Å²) in [6, 6.07) is 10.2. The molecule has 1 fully saturated rings. The molecule has 0 spiro atoms. The lowest BCUT2D eigenvalue weighted by molar-refractivity contribution is 0.371. The fourth-order valence-corrected chi connectivity index (χ4v) is 3.28. The van der Waals surface area contributed by atoms with E-state index in [9.17, 15) is 0 Å². The molecule has 2 atom stereocenters. The molecule has 1 saturated heterocycles. The Morgan fingerprint density at radius 3 is 3.00 bits per heavy atom. The summed E-state index contributed by atoms with van der Waals surface area (Å²) in [5, 5.41) is 3.47. The van der Waals surface area contributed by atoms with E-state index in [2.05, 4.69) is 41.5 Å². The minimum absolute atomic E-state index is 0.551. The molecule has 1 aromatic carbocycles. The average molecular weight is 216 g/mol. The van der Waals surface area contributed by atoms with Gasteiger partial charge in [0.1, 0.15) is 0 Å². The first-order chi connectivity index (χ1) is 7.90. The van der Waals surface area contributed by atoms with E-state index in [1.807, 2.05) is 0 Å². The Morgan fingerprint density at radius 2 is 2.12 bits per heavy atom. The van der Waals surface area contributed by atoms with Crippen LogP contribution in [0.15, 0.2) is 24.3 Å². The predicted octanol–water partition coefficient (Wildman–Crippen LogP) is 2.71. The van der Waals surface area contributed by atoms with E-state index in [1.54, 1.807) is 0 Å². The Bertz CT molecular complexity index is 375. The van der Waals surface area contributed by atoms with E-state index in [-0.39, 0.29) is 0 Å². The van der Waals surface area contributed by atoms with Gasteiger partial charge in [-0.15, -0.1) is 0 Å². The summed E-state index contributed by atoms with van der Waals surface area (Å²) < 4.78 is 0. The molecule has 2 nitrogen and oxygen atoms in total. The van der Waals surface area contributed by atoms with Gasteiger partial charge in [-0.3, -0.25) is 0 Å². The lowest BCUT2D eigenvalue weighted by Gasteiger charge is -2.45. The van der Waals surface area contributed by atoms with Gasteiger partial charge in [0, 0.05) is 24.3 Å².